The number of rotatable bonds is 6. The van der Waals surface area contributed by atoms with Crippen LogP contribution in [0.2, 0.25) is 0 Å². The van der Waals surface area contributed by atoms with Gasteiger partial charge < -0.3 is 14.8 Å². The van der Waals surface area contributed by atoms with E-state index >= 15 is 0 Å². The highest BCUT2D eigenvalue weighted by Gasteiger charge is 2.16. The predicted molar refractivity (Wildman–Crippen MR) is 93.1 cm³/mol. The number of imide groups is 1. The van der Waals surface area contributed by atoms with Gasteiger partial charge in [-0.1, -0.05) is 25.6 Å². The van der Waals surface area contributed by atoms with Crippen LogP contribution in [0.1, 0.15) is 13.8 Å². The van der Waals surface area contributed by atoms with Crippen molar-refractivity contribution < 1.29 is 19.1 Å². The van der Waals surface area contributed by atoms with Gasteiger partial charge in [0.15, 0.2) is 11.5 Å². The molecule has 2 aromatic rings. The van der Waals surface area contributed by atoms with Gasteiger partial charge in [-0.3, -0.25) is 10.1 Å². The molecule has 1 aliphatic heterocycles. The Morgan fingerprint density at radius 3 is 2.92 bits per heavy atom. The van der Waals surface area contributed by atoms with E-state index in [4.69, 9.17) is 9.47 Å². The Morgan fingerprint density at radius 1 is 1.31 bits per heavy atom. The highest BCUT2D eigenvalue weighted by Crippen LogP contribution is 2.34. The number of anilines is 1. The van der Waals surface area contributed by atoms with Crippen molar-refractivity contribution in [3.63, 3.8) is 0 Å². The van der Waals surface area contributed by atoms with E-state index < -0.39 is 11.9 Å². The Balaban J connectivity index is 1.47. The fourth-order valence-electron chi connectivity index (χ4n) is 2.19. The number of fused-ring (bicyclic) bond motifs is 1. The summed E-state index contributed by atoms with van der Waals surface area (Å²) in [5.74, 6) is 1.10. The first-order valence-corrected chi connectivity index (χ1v) is 8.89. The Morgan fingerprint density at radius 2 is 2.12 bits per heavy atom. The lowest BCUT2D eigenvalue weighted by Gasteiger charge is -2.08. The van der Waals surface area contributed by atoms with E-state index in [2.05, 4.69) is 26.2 Å². The minimum Gasteiger partial charge on any atom is -0.454 e. The van der Waals surface area contributed by atoms with E-state index in [1.165, 1.54) is 11.8 Å². The zero-order valence-corrected chi connectivity index (χ0v) is 15.1. The third kappa shape index (κ3) is 4.63. The van der Waals surface area contributed by atoms with Crippen molar-refractivity contribution in [1.29, 1.82) is 0 Å². The van der Waals surface area contributed by atoms with E-state index in [1.807, 2.05) is 13.8 Å². The van der Waals surface area contributed by atoms with Gasteiger partial charge in [-0.25, -0.2) is 9.48 Å². The van der Waals surface area contributed by atoms with Crippen LogP contribution in [0.3, 0.4) is 0 Å². The number of thioether (sulfide) groups is 1. The van der Waals surface area contributed by atoms with Crippen LogP contribution < -0.4 is 20.1 Å². The van der Waals surface area contributed by atoms with Gasteiger partial charge in [-0.15, -0.1) is 5.10 Å². The van der Waals surface area contributed by atoms with Gasteiger partial charge in [0.25, 0.3) is 0 Å². The maximum absolute atomic E-state index is 11.9. The Labute approximate surface area is 153 Å². The number of carbonyl (C=O) groups excluding carboxylic acids is 2. The van der Waals surface area contributed by atoms with Crippen molar-refractivity contribution in [2.45, 2.75) is 25.5 Å². The highest BCUT2D eigenvalue weighted by atomic mass is 32.2. The largest absolute Gasteiger partial charge is 0.454 e. The number of hydrogen-bond acceptors (Lipinski definition) is 8. The molecule has 1 aliphatic rings. The average molecular weight is 378 g/mol. The van der Waals surface area contributed by atoms with Gasteiger partial charge in [0.2, 0.25) is 17.9 Å². The smallest absolute Gasteiger partial charge is 0.325 e. The lowest BCUT2D eigenvalue weighted by molar-refractivity contribution is -0.117. The number of carbonyl (C=O) groups is 2. The van der Waals surface area contributed by atoms with Crippen LogP contribution in [0.4, 0.5) is 10.5 Å². The van der Waals surface area contributed by atoms with Gasteiger partial charge in [0.1, 0.15) is 0 Å². The molecule has 10 nitrogen and oxygen atoms in total. The summed E-state index contributed by atoms with van der Waals surface area (Å²) in [6.07, 6.45) is 0. The minimum absolute atomic E-state index is 0.0209. The summed E-state index contributed by atoms with van der Waals surface area (Å²) in [6.45, 7) is 4.89. The summed E-state index contributed by atoms with van der Waals surface area (Å²) in [6, 6.07) is 4.34. The molecule has 0 bridgehead atoms. The van der Waals surface area contributed by atoms with Crippen molar-refractivity contribution in [2.75, 3.05) is 17.9 Å². The molecule has 0 unspecified atom stereocenters. The second-order valence-corrected chi connectivity index (χ2v) is 6.84. The van der Waals surface area contributed by atoms with Crippen LogP contribution >= 0.6 is 11.8 Å². The van der Waals surface area contributed by atoms with Crippen LogP contribution in [0.15, 0.2) is 23.4 Å². The van der Waals surface area contributed by atoms with E-state index in [-0.39, 0.29) is 12.5 Å². The minimum atomic E-state index is -0.628. The average Bonchev–Trinajstić information content (AvgIpc) is 3.20. The second kappa shape index (κ2) is 8.04. The molecule has 0 atom stereocenters. The summed E-state index contributed by atoms with van der Waals surface area (Å²) < 4.78 is 12.1. The molecule has 1 aromatic heterocycles. The molecule has 1 aromatic carbocycles. The molecule has 3 amide bonds. The number of nitrogens with zero attached hydrogens (tertiary/aromatic N) is 4. The fourth-order valence-corrected chi connectivity index (χ4v) is 2.88. The molecule has 0 fully saturated rings. The van der Waals surface area contributed by atoms with E-state index in [1.54, 1.807) is 22.9 Å². The quantitative estimate of drug-likeness (QED) is 0.726. The third-order valence-corrected chi connectivity index (χ3v) is 4.21. The molecule has 2 heterocycles. The maximum atomic E-state index is 11.9. The molecule has 0 saturated carbocycles. The molecule has 11 heteroatoms. The standard InChI is InChI=1S/C15H18N6O4S/c1-9(2)6-21-15(18-19-20-21)26-7-13(22)17-14(23)16-10-3-4-11-12(5-10)25-8-24-11/h3-5,9H,6-8H2,1-2H3,(H2,16,17,22,23). The van der Waals surface area contributed by atoms with Crippen LogP contribution in [0.25, 0.3) is 0 Å². The predicted octanol–water partition coefficient (Wildman–Crippen LogP) is 1.50. The summed E-state index contributed by atoms with van der Waals surface area (Å²) in [4.78, 5) is 23.9. The first-order chi connectivity index (χ1) is 12.5. The molecular formula is C15H18N6O4S. The van der Waals surface area contributed by atoms with Gasteiger partial charge in [0, 0.05) is 18.3 Å². The molecule has 3 rings (SSSR count). The fraction of sp³-hybridized carbons (Fsp3) is 0.400. The molecule has 0 spiro atoms. The Bertz CT molecular complexity index is 809. The molecular weight excluding hydrogens is 360 g/mol. The number of hydrogen-bond donors (Lipinski definition) is 2. The topological polar surface area (TPSA) is 120 Å². The monoisotopic (exact) mass is 378 g/mol. The van der Waals surface area contributed by atoms with Gasteiger partial charge in [-0.2, -0.15) is 0 Å². The lowest BCUT2D eigenvalue weighted by atomic mass is 10.2. The van der Waals surface area contributed by atoms with Crippen molar-refractivity contribution in [3.05, 3.63) is 18.2 Å². The van der Waals surface area contributed by atoms with E-state index in [0.717, 1.165) is 0 Å². The Hall–Kier alpha value is -2.82. The molecule has 138 valence electrons. The first kappa shape index (κ1) is 18.0. The molecule has 0 radical (unpaired) electrons. The van der Waals surface area contributed by atoms with E-state index in [0.29, 0.717) is 34.8 Å². The number of benzene rings is 1. The zero-order valence-electron chi connectivity index (χ0n) is 14.3. The van der Waals surface area contributed by atoms with E-state index in [9.17, 15) is 9.59 Å². The summed E-state index contributed by atoms with van der Waals surface area (Å²) in [5, 5.41) is 16.7. The number of ether oxygens (including phenoxy) is 2. The number of urea groups is 1. The van der Waals surface area contributed by atoms with Crippen molar-refractivity contribution >= 4 is 29.4 Å². The van der Waals surface area contributed by atoms with Crippen LogP contribution in [0, 0.1) is 5.92 Å². The third-order valence-electron chi connectivity index (χ3n) is 3.25. The van der Waals surface area contributed by atoms with Crippen LogP contribution in [0.5, 0.6) is 11.5 Å². The maximum Gasteiger partial charge on any atom is 0.325 e. The molecule has 0 aliphatic carbocycles. The Kier molecular flexibility index (Phi) is 5.56. The molecule has 0 saturated heterocycles. The van der Waals surface area contributed by atoms with Crippen LogP contribution in [-0.2, 0) is 11.3 Å². The second-order valence-electron chi connectivity index (χ2n) is 5.90. The van der Waals surface area contributed by atoms with Crippen molar-refractivity contribution in [1.82, 2.24) is 25.5 Å². The number of aromatic nitrogens is 4. The molecule has 2 N–H and O–H groups in total. The summed E-state index contributed by atoms with van der Waals surface area (Å²) >= 11 is 1.17. The van der Waals surface area contributed by atoms with Gasteiger partial charge in [0.05, 0.1) is 5.75 Å². The first-order valence-electron chi connectivity index (χ1n) is 7.90. The lowest BCUT2D eigenvalue weighted by Crippen LogP contribution is -2.35. The van der Waals surface area contributed by atoms with Crippen LogP contribution in [-0.4, -0.2) is 44.7 Å². The summed E-state index contributed by atoms with van der Waals surface area (Å²) in [7, 11) is 0. The SMILES string of the molecule is CC(C)Cn1nnnc1SCC(=O)NC(=O)Nc1ccc2c(c1)OCO2. The molecule has 26 heavy (non-hydrogen) atoms. The number of amides is 3. The zero-order chi connectivity index (χ0) is 18.5. The number of nitrogens with one attached hydrogen (secondary N) is 2. The normalized spacial score (nSPS) is 12.3. The van der Waals surface area contributed by atoms with Crippen molar-refractivity contribution in [3.8, 4) is 11.5 Å². The number of tetrazole rings is 1. The van der Waals surface area contributed by atoms with Gasteiger partial charge in [-0.05, 0) is 28.5 Å². The highest BCUT2D eigenvalue weighted by molar-refractivity contribution is 7.99. The summed E-state index contributed by atoms with van der Waals surface area (Å²) in [5.41, 5.74) is 0.494. The van der Waals surface area contributed by atoms with Gasteiger partial charge >= 0.3 is 6.03 Å². The van der Waals surface area contributed by atoms with Crippen molar-refractivity contribution in [2.24, 2.45) is 5.92 Å².